The summed E-state index contributed by atoms with van der Waals surface area (Å²) >= 11 is 0. The van der Waals surface area contributed by atoms with E-state index in [0.717, 1.165) is 25.9 Å². The van der Waals surface area contributed by atoms with Gasteiger partial charge in [-0.25, -0.2) is 0 Å². The maximum Gasteiger partial charge on any atom is 0.0900 e. The van der Waals surface area contributed by atoms with Gasteiger partial charge in [0.1, 0.15) is 0 Å². The number of aliphatic hydroxyl groups is 1. The lowest BCUT2D eigenvalue weighted by Gasteiger charge is -2.31. The second-order valence-corrected chi connectivity index (χ2v) is 3.77. The molecule has 2 unspecified atom stereocenters. The smallest absolute Gasteiger partial charge is 0.0900 e. The van der Waals surface area contributed by atoms with Crippen molar-refractivity contribution in [2.75, 3.05) is 33.4 Å². The second kappa shape index (κ2) is 5.54. The first-order chi connectivity index (χ1) is 6.22. The number of piperidine rings is 1. The number of aliphatic hydroxyl groups excluding tert-OH is 1. The van der Waals surface area contributed by atoms with E-state index in [-0.39, 0.29) is 12.1 Å². The number of hydrogen-bond donors (Lipinski definition) is 2. The molecule has 4 nitrogen and oxygen atoms in total. The zero-order valence-corrected chi connectivity index (χ0v) is 8.28. The van der Waals surface area contributed by atoms with E-state index < -0.39 is 0 Å². The molecule has 0 saturated carbocycles. The third-order valence-electron chi connectivity index (χ3n) is 2.37. The van der Waals surface area contributed by atoms with Gasteiger partial charge in [0.25, 0.3) is 0 Å². The Balaban J connectivity index is 2.19. The van der Waals surface area contributed by atoms with Crippen LogP contribution in [0.5, 0.6) is 0 Å². The minimum atomic E-state index is -0.379. The zero-order chi connectivity index (χ0) is 9.68. The fourth-order valence-electron chi connectivity index (χ4n) is 1.80. The van der Waals surface area contributed by atoms with E-state index in [0.29, 0.717) is 13.2 Å². The molecule has 78 valence electrons. The molecule has 2 atom stereocenters. The zero-order valence-electron chi connectivity index (χ0n) is 8.28. The highest BCUT2D eigenvalue weighted by Gasteiger charge is 2.18. The summed E-state index contributed by atoms with van der Waals surface area (Å²) in [6.45, 7) is 3.04. The molecule has 13 heavy (non-hydrogen) atoms. The first-order valence-electron chi connectivity index (χ1n) is 4.87. The Hall–Kier alpha value is -0.160. The van der Waals surface area contributed by atoms with Crippen LogP contribution in [-0.2, 0) is 4.74 Å². The third-order valence-corrected chi connectivity index (χ3v) is 2.37. The molecular weight excluding hydrogens is 168 g/mol. The molecule has 0 aromatic carbocycles. The van der Waals surface area contributed by atoms with Crippen LogP contribution in [0.3, 0.4) is 0 Å². The summed E-state index contributed by atoms with van der Waals surface area (Å²) in [5, 5.41) is 9.48. The molecule has 1 saturated heterocycles. The van der Waals surface area contributed by atoms with Crippen LogP contribution in [0.4, 0.5) is 0 Å². The van der Waals surface area contributed by atoms with Crippen LogP contribution < -0.4 is 5.73 Å². The Labute approximate surface area is 79.7 Å². The first-order valence-corrected chi connectivity index (χ1v) is 4.87. The molecule has 3 N–H and O–H groups in total. The number of likely N-dealkylation sites (tertiary alicyclic amines) is 1. The van der Waals surface area contributed by atoms with Gasteiger partial charge in [0.05, 0.1) is 12.7 Å². The highest BCUT2D eigenvalue weighted by atomic mass is 16.5. The summed E-state index contributed by atoms with van der Waals surface area (Å²) in [6, 6.07) is 0.281. The van der Waals surface area contributed by atoms with Gasteiger partial charge in [-0.2, -0.15) is 0 Å². The number of methoxy groups -OCH3 is 1. The predicted octanol–water partition coefficient (Wildman–Crippen LogP) is -0.583. The quantitative estimate of drug-likeness (QED) is 0.619. The van der Waals surface area contributed by atoms with Gasteiger partial charge in [-0.05, 0) is 19.4 Å². The molecular formula is C9H20N2O2. The van der Waals surface area contributed by atoms with Crippen molar-refractivity contribution in [2.24, 2.45) is 5.73 Å². The predicted molar refractivity (Wildman–Crippen MR) is 51.5 cm³/mol. The molecule has 0 spiro atoms. The number of β-amino-alcohol motifs (C(OH)–C–C–N with tert-alkyl or cyclic N) is 1. The lowest BCUT2D eigenvalue weighted by Crippen LogP contribution is -2.46. The minimum Gasteiger partial charge on any atom is -0.389 e. The van der Waals surface area contributed by atoms with Crippen molar-refractivity contribution in [1.82, 2.24) is 4.90 Å². The van der Waals surface area contributed by atoms with Crippen molar-refractivity contribution in [1.29, 1.82) is 0 Å². The fraction of sp³-hybridized carbons (Fsp3) is 1.00. The summed E-state index contributed by atoms with van der Waals surface area (Å²) in [6.07, 6.45) is 1.87. The van der Waals surface area contributed by atoms with E-state index in [2.05, 4.69) is 4.90 Å². The van der Waals surface area contributed by atoms with Gasteiger partial charge >= 0.3 is 0 Å². The minimum absolute atomic E-state index is 0.281. The lowest BCUT2D eigenvalue weighted by molar-refractivity contribution is 0.0316. The SMILES string of the molecule is COCC(O)CN1CCCC(N)C1. The maximum absolute atomic E-state index is 9.48. The van der Waals surface area contributed by atoms with Crippen LogP contribution in [0.2, 0.25) is 0 Å². The van der Waals surface area contributed by atoms with Gasteiger partial charge in [-0.3, -0.25) is 4.90 Å². The second-order valence-electron chi connectivity index (χ2n) is 3.77. The number of hydrogen-bond acceptors (Lipinski definition) is 4. The molecule has 0 aromatic rings. The van der Waals surface area contributed by atoms with Crippen LogP contribution >= 0.6 is 0 Å². The molecule has 1 rings (SSSR count). The highest BCUT2D eigenvalue weighted by Crippen LogP contribution is 2.08. The summed E-state index contributed by atoms with van der Waals surface area (Å²) in [5.74, 6) is 0. The van der Waals surface area contributed by atoms with E-state index in [1.807, 2.05) is 0 Å². The molecule has 0 amide bonds. The van der Waals surface area contributed by atoms with Gasteiger partial charge in [-0.1, -0.05) is 0 Å². The van der Waals surface area contributed by atoms with Crippen molar-refractivity contribution in [2.45, 2.75) is 25.0 Å². The van der Waals surface area contributed by atoms with Gasteiger partial charge < -0.3 is 15.6 Å². The van der Waals surface area contributed by atoms with E-state index in [1.165, 1.54) is 0 Å². The molecule has 0 aliphatic carbocycles. The molecule has 1 aliphatic rings. The summed E-state index contributed by atoms with van der Waals surface area (Å²) in [4.78, 5) is 2.21. The van der Waals surface area contributed by atoms with Crippen LogP contribution in [0, 0.1) is 0 Å². The number of rotatable bonds is 4. The summed E-state index contributed by atoms with van der Waals surface area (Å²) < 4.78 is 4.86. The molecule has 0 radical (unpaired) electrons. The monoisotopic (exact) mass is 188 g/mol. The van der Waals surface area contributed by atoms with Crippen LogP contribution in [0.25, 0.3) is 0 Å². The van der Waals surface area contributed by atoms with Crippen molar-refractivity contribution < 1.29 is 9.84 Å². The van der Waals surface area contributed by atoms with Crippen molar-refractivity contribution in [3.8, 4) is 0 Å². The topological polar surface area (TPSA) is 58.7 Å². The Morgan fingerprint density at radius 2 is 2.46 bits per heavy atom. The van der Waals surface area contributed by atoms with Crippen molar-refractivity contribution >= 4 is 0 Å². The average Bonchev–Trinajstić information content (AvgIpc) is 2.04. The van der Waals surface area contributed by atoms with Gasteiger partial charge in [0, 0.05) is 26.2 Å². The summed E-state index contributed by atoms with van der Waals surface area (Å²) in [7, 11) is 1.60. The molecule has 1 aliphatic heterocycles. The van der Waals surface area contributed by atoms with Crippen LogP contribution in [0.15, 0.2) is 0 Å². The number of ether oxygens (including phenoxy) is 1. The van der Waals surface area contributed by atoms with Crippen LogP contribution in [-0.4, -0.2) is 55.5 Å². The maximum atomic E-state index is 9.48. The third kappa shape index (κ3) is 4.04. The van der Waals surface area contributed by atoms with E-state index >= 15 is 0 Å². The number of nitrogens with two attached hydrogens (primary N) is 1. The molecule has 0 aromatic heterocycles. The standard InChI is InChI=1S/C9H20N2O2/c1-13-7-9(12)6-11-4-2-3-8(10)5-11/h8-9,12H,2-7,10H2,1H3. The Bertz CT molecular complexity index is 144. The fourth-order valence-corrected chi connectivity index (χ4v) is 1.80. The van der Waals surface area contributed by atoms with E-state index in [1.54, 1.807) is 7.11 Å². The molecule has 1 heterocycles. The van der Waals surface area contributed by atoms with Gasteiger partial charge in [0.15, 0.2) is 0 Å². The van der Waals surface area contributed by atoms with Crippen molar-refractivity contribution in [3.05, 3.63) is 0 Å². The van der Waals surface area contributed by atoms with E-state index in [4.69, 9.17) is 10.5 Å². The van der Waals surface area contributed by atoms with Crippen molar-refractivity contribution in [3.63, 3.8) is 0 Å². The molecule has 4 heteroatoms. The largest absolute Gasteiger partial charge is 0.389 e. The van der Waals surface area contributed by atoms with Gasteiger partial charge in [-0.15, -0.1) is 0 Å². The summed E-state index contributed by atoms with van der Waals surface area (Å²) in [5.41, 5.74) is 5.82. The molecule has 0 bridgehead atoms. The Kier molecular flexibility index (Phi) is 4.66. The van der Waals surface area contributed by atoms with E-state index in [9.17, 15) is 5.11 Å². The first kappa shape index (κ1) is 10.9. The lowest BCUT2D eigenvalue weighted by atomic mass is 10.1. The number of nitrogens with zero attached hydrogens (tertiary/aromatic N) is 1. The highest BCUT2D eigenvalue weighted by molar-refractivity contribution is 4.76. The molecule has 1 fully saturated rings. The Morgan fingerprint density at radius 1 is 1.69 bits per heavy atom. The van der Waals surface area contributed by atoms with Crippen LogP contribution in [0.1, 0.15) is 12.8 Å². The Morgan fingerprint density at radius 3 is 3.08 bits per heavy atom. The average molecular weight is 188 g/mol. The normalized spacial score (nSPS) is 27.5. The van der Waals surface area contributed by atoms with Gasteiger partial charge in [0.2, 0.25) is 0 Å².